The van der Waals surface area contributed by atoms with E-state index in [1.54, 1.807) is 0 Å². The molecule has 0 unspecified atom stereocenters. The van der Waals surface area contributed by atoms with Crippen molar-refractivity contribution in [1.82, 2.24) is 0 Å². The second-order valence-corrected chi connectivity index (χ2v) is 6.09. The van der Waals surface area contributed by atoms with Gasteiger partial charge in [-0.1, -0.05) is 36.4 Å². The maximum atomic E-state index is 12.3. The van der Waals surface area contributed by atoms with Crippen molar-refractivity contribution in [2.75, 3.05) is 5.73 Å². The molecule has 3 rings (SSSR count). The average Bonchev–Trinajstić information content (AvgIpc) is 3.08. The van der Waals surface area contributed by atoms with Crippen LogP contribution in [0.25, 0.3) is 10.4 Å². The molecule has 2 nitrogen and oxygen atoms in total. The number of carbonyl (C=O) groups is 1. The Labute approximate surface area is 119 Å². The lowest BCUT2D eigenvalue weighted by Crippen LogP contribution is -1.99. The summed E-state index contributed by atoms with van der Waals surface area (Å²) in [6, 6.07) is 15.5. The van der Waals surface area contributed by atoms with Crippen LogP contribution in [0.2, 0.25) is 0 Å². The smallest absolute Gasteiger partial charge is 0.205 e. The molecule has 0 saturated heterocycles. The van der Waals surface area contributed by atoms with Gasteiger partial charge >= 0.3 is 0 Å². The predicted octanol–water partition coefficient (Wildman–Crippen LogP) is 4.29. The second kappa shape index (κ2) is 4.99. The maximum absolute atomic E-state index is 12.3. The molecular formula is C15H11NOS2. The number of thiophene rings is 2. The molecule has 0 fully saturated rings. The van der Waals surface area contributed by atoms with Crippen LogP contribution >= 0.6 is 22.7 Å². The van der Waals surface area contributed by atoms with Gasteiger partial charge in [0.2, 0.25) is 5.78 Å². The van der Waals surface area contributed by atoms with Crippen LogP contribution in [0.4, 0.5) is 5.00 Å². The fourth-order valence-corrected chi connectivity index (χ4v) is 3.47. The van der Waals surface area contributed by atoms with E-state index in [1.165, 1.54) is 22.7 Å². The van der Waals surface area contributed by atoms with Crippen LogP contribution in [0.5, 0.6) is 0 Å². The van der Waals surface area contributed by atoms with E-state index < -0.39 is 0 Å². The highest BCUT2D eigenvalue weighted by Gasteiger charge is 2.17. The Morgan fingerprint density at radius 2 is 1.84 bits per heavy atom. The molecule has 0 aliphatic heterocycles. The van der Waals surface area contributed by atoms with Crippen molar-refractivity contribution in [3.05, 3.63) is 64.4 Å². The van der Waals surface area contributed by atoms with Crippen molar-refractivity contribution in [3.63, 3.8) is 0 Å². The second-order valence-electron chi connectivity index (χ2n) is 4.06. The van der Waals surface area contributed by atoms with E-state index >= 15 is 0 Å². The van der Waals surface area contributed by atoms with E-state index in [-0.39, 0.29) is 5.78 Å². The molecule has 0 amide bonds. The Balaban J connectivity index is 2.01. The first-order valence-electron chi connectivity index (χ1n) is 5.78. The third-order valence-electron chi connectivity index (χ3n) is 2.81. The highest BCUT2D eigenvalue weighted by molar-refractivity contribution is 7.20. The van der Waals surface area contributed by atoms with E-state index in [0.29, 0.717) is 10.6 Å². The number of anilines is 1. The number of nitrogen functional groups attached to an aromatic ring is 1. The van der Waals surface area contributed by atoms with Crippen LogP contribution in [0.3, 0.4) is 0 Å². The summed E-state index contributed by atoms with van der Waals surface area (Å²) in [6.07, 6.45) is 0. The van der Waals surface area contributed by atoms with Crippen molar-refractivity contribution in [3.8, 4) is 10.4 Å². The van der Waals surface area contributed by atoms with Crippen molar-refractivity contribution >= 4 is 33.5 Å². The molecule has 94 valence electrons. The fourth-order valence-electron chi connectivity index (χ4n) is 1.87. The summed E-state index contributed by atoms with van der Waals surface area (Å²) < 4.78 is 0. The summed E-state index contributed by atoms with van der Waals surface area (Å²) in [5, 5.41) is 2.48. The largest absolute Gasteiger partial charge is 0.390 e. The van der Waals surface area contributed by atoms with Crippen molar-refractivity contribution in [1.29, 1.82) is 0 Å². The molecule has 0 spiro atoms. The summed E-state index contributed by atoms with van der Waals surface area (Å²) in [5.74, 6) is 0.00549. The minimum absolute atomic E-state index is 0.00549. The number of ketones is 1. The molecular weight excluding hydrogens is 274 g/mol. The van der Waals surface area contributed by atoms with E-state index in [0.717, 1.165) is 15.3 Å². The number of benzene rings is 1. The quantitative estimate of drug-likeness (QED) is 0.729. The molecule has 0 bridgehead atoms. The third-order valence-corrected chi connectivity index (χ3v) is 4.69. The summed E-state index contributed by atoms with van der Waals surface area (Å²) in [5.41, 5.74) is 7.68. The van der Waals surface area contributed by atoms with Crippen LogP contribution in [-0.2, 0) is 0 Å². The van der Waals surface area contributed by atoms with E-state index in [9.17, 15) is 4.79 Å². The first-order valence-corrected chi connectivity index (χ1v) is 7.48. The summed E-state index contributed by atoms with van der Waals surface area (Å²) >= 11 is 2.89. The highest BCUT2D eigenvalue weighted by Crippen LogP contribution is 2.34. The normalized spacial score (nSPS) is 10.5. The van der Waals surface area contributed by atoms with Crippen molar-refractivity contribution < 1.29 is 4.79 Å². The molecule has 2 heterocycles. The van der Waals surface area contributed by atoms with Gasteiger partial charge in [0.25, 0.3) is 0 Å². The lowest BCUT2D eigenvalue weighted by Gasteiger charge is -1.95. The predicted molar refractivity (Wildman–Crippen MR) is 81.9 cm³/mol. The van der Waals surface area contributed by atoms with Crippen molar-refractivity contribution in [2.45, 2.75) is 0 Å². The Bertz CT molecular complexity index is 699. The molecule has 4 heteroatoms. The van der Waals surface area contributed by atoms with Gasteiger partial charge in [0.15, 0.2) is 0 Å². The van der Waals surface area contributed by atoms with Crippen LogP contribution in [0.1, 0.15) is 15.2 Å². The monoisotopic (exact) mass is 285 g/mol. The van der Waals surface area contributed by atoms with Gasteiger partial charge in [-0.3, -0.25) is 4.79 Å². The first kappa shape index (κ1) is 12.1. The van der Waals surface area contributed by atoms with Gasteiger partial charge in [-0.05, 0) is 23.1 Å². The molecule has 19 heavy (non-hydrogen) atoms. The SMILES string of the molecule is Nc1sc(-c2ccccc2)cc1C(=O)c1cccs1. The van der Waals surface area contributed by atoms with E-state index in [2.05, 4.69) is 0 Å². The van der Waals surface area contributed by atoms with Gasteiger partial charge < -0.3 is 5.73 Å². The topological polar surface area (TPSA) is 43.1 Å². The summed E-state index contributed by atoms with van der Waals surface area (Å²) in [7, 11) is 0. The number of hydrogen-bond donors (Lipinski definition) is 1. The standard InChI is InChI=1S/C15H11NOS2/c16-15-11(14(17)12-7-4-8-18-12)9-13(19-15)10-5-2-1-3-6-10/h1-9H,16H2. The number of carbonyl (C=O) groups excluding carboxylic acids is 1. The lowest BCUT2D eigenvalue weighted by atomic mass is 10.1. The Morgan fingerprint density at radius 1 is 1.05 bits per heavy atom. The first-order chi connectivity index (χ1) is 9.25. The summed E-state index contributed by atoms with van der Waals surface area (Å²) in [4.78, 5) is 14.1. The van der Waals surface area contributed by atoms with Gasteiger partial charge in [0, 0.05) is 4.88 Å². The van der Waals surface area contributed by atoms with Gasteiger partial charge in [-0.2, -0.15) is 0 Å². The molecule has 0 aliphatic rings. The fraction of sp³-hybridized carbons (Fsp3) is 0. The summed E-state index contributed by atoms with van der Waals surface area (Å²) in [6.45, 7) is 0. The van der Waals surface area contributed by atoms with Gasteiger partial charge in [0.05, 0.1) is 15.4 Å². The molecule has 3 aromatic rings. The Morgan fingerprint density at radius 3 is 2.53 bits per heavy atom. The highest BCUT2D eigenvalue weighted by atomic mass is 32.1. The molecule has 0 aliphatic carbocycles. The maximum Gasteiger partial charge on any atom is 0.205 e. The minimum Gasteiger partial charge on any atom is -0.390 e. The molecule has 2 N–H and O–H groups in total. The van der Waals surface area contributed by atoms with Gasteiger partial charge in [-0.15, -0.1) is 22.7 Å². The van der Waals surface area contributed by atoms with Gasteiger partial charge in [-0.25, -0.2) is 0 Å². The Kier molecular flexibility index (Phi) is 3.19. The van der Waals surface area contributed by atoms with Crippen molar-refractivity contribution in [2.24, 2.45) is 0 Å². The third kappa shape index (κ3) is 2.32. The van der Waals surface area contributed by atoms with E-state index in [4.69, 9.17) is 5.73 Å². The lowest BCUT2D eigenvalue weighted by molar-refractivity contribution is 0.104. The Hall–Kier alpha value is -1.91. The van der Waals surface area contributed by atoms with Crippen LogP contribution in [0.15, 0.2) is 53.9 Å². The van der Waals surface area contributed by atoms with Crippen LogP contribution < -0.4 is 5.73 Å². The van der Waals surface area contributed by atoms with E-state index in [1.807, 2.05) is 53.9 Å². The molecule has 0 saturated carbocycles. The number of hydrogen-bond acceptors (Lipinski definition) is 4. The van der Waals surface area contributed by atoms with Crippen LogP contribution in [-0.4, -0.2) is 5.78 Å². The van der Waals surface area contributed by atoms with Gasteiger partial charge in [0.1, 0.15) is 0 Å². The van der Waals surface area contributed by atoms with Crippen LogP contribution in [0, 0.1) is 0 Å². The molecule has 0 radical (unpaired) electrons. The zero-order chi connectivity index (χ0) is 13.2. The number of nitrogens with two attached hydrogens (primary N) is 1. The molecule has 0 atom stereocenters. The zero-order valence-electron chi connectivity index (χ0n) is 10.00. The minimum atomic E-state index is 0.00549. The number of rotatable bonds is 3. The molecule has 2 aromatic heterocycles. The zero-order valence-corrected chi connectivity index (χ0v) is 11.6. The average molecular weight is 285 g/mol. The molecule has 1 aromatic carbocycles.